The lowest BCUT2D eigenvalue weighted by Gasteiger charge is -2.28. The van der Waals surface area contributed by atoms with Crippen LogP contribution in [0.4, 0.5) is 0 Å². The maximum atomic E-state index is 11.7. The molecule has 0 atom stereocenters. The number of rotatable bonds is 7. The number of hydrogen-bond donors (Lipinski definition) is 1. The Balaban J connectivity index is 4.74. The van der Waals surface area contributed by atoms with Crippen molar-refractivity contribution >= 4 is 10.0 Å². The van der Waals surface area contributed by atoms with Gasteiger partial charge in [0.05, 0.1) is 12.4 Å². The average Bonchev–Trinajstić information content (AvgIpc) is 2.18. The maximum Gasteiger partial charge on any atom is 0.214 e. The highest BCUT2D eigenvalue weighted by Crippen LogP contribution is 2.13. The highest BCUT2D eigenvalue weighted by molar-refractivity contribution is 7.89. The quantitative estimate of drug-likeness (QED) is 0.695. The van der Waals surface area contributed by atoms with Gasteiger partial charge in [-0.05, 0) is 19.8 Å². The Hall–Kier alpha value is -0.130. The topological polar surface area (TPSA) is 57.6 Å². The lowest BCUT2D eigenvalue weighted by molar-refractivity contribution is 0.220. The van der Waals surface area contributed by atoms with Crippen molar-refractivity contribution in [2.75, 3.05) is 18.9 Å². The summed E-state index contributed by atoms with van der Waals surface area (Å²) in [6, 6.07) is 0.0205. The fourth-order valence-corrected chi connectivity index (χ4v) is 2.95. The van der Waals surface area contributed by atoms with Crippen LogP contribution in [0.15, 0.2) is 0 Å². The van der Waals surface area contributed by atoms with Crippen LogP contribution in [0.2, 0.25) is 0 Å². The summed E-state index contributed by atoms with van der Waals surface area (Å²) in [5.74, 6) is 0.101. The van der Waals surface area contributed by atoms with E-state index < -0.39 is 10.0 Å². The minimum atomic E-state index is -3.17. The van der Waals surface area contributed by atoms with Crippen molar-refractivity contribution in [1.82, 2.24) is 4.31 Å². The first-order chi connectivity index (χ1) is 6.53. The van der Waals surface area contributed by atoms with Crippen molar-refractivity contribution in [2.24, 2.45) is 0 Å². The van der Waals surface area contributed by atoms with E-state index >= 15 is 0 Å². The van der Waals surface area contributed by atoms with Gasteiger partial charge in [-0.15, -0.1) is 0 Å². The Labute approximate surface area is 87.0 Å². The first-order valence-corrected chi connectivity index (χ1v) is 6.74. The molecule has 0 saturated heterocycles. The van der Waals surface area contributed by atoms with Crippen LogP contribution in [0.25, 0.3) is 0 Å². The molecule has 0 radical (unpaired) electrons. The van der Waals surface area contributed by atoms with Crippen molar-refractivity contribution in [3.63, 3.8) is 0 Å². The third-order valence-electron chi connectivity index (χ3n) is 2.39. The van der Waals surface area contributed by atoms with Crippen molar-refractivity contribution in [1.29, 1.82) is 0 Å². The molecular formula is C9H21NO3S. The zero-order chi connectivity index (χ0) is 11.2. The van der Waals surface area contributed by atoms with E-state index in [2.05, 4.69) is 0 Å². The van der Waals surface area contributed by atoms with Gasteiger partial charge < -0.3 is 5.11 Å². The summed E-state index contributed by atoms with van der Waals surface area (Å²) >= 11 is 0. The summed E-state index contributed by atoms with van der Waals surface area (Å²) in [6.45, 7) is 5.65. The standard InChI is InChI=1S/C9H21NO3S/c1-4-9(5-2)10(7-8-11)14(12,13)6-3/h9,11H,4-8H2,1-3H3. The molecule has 5 heteroatoms. The molecule has 0 unspecified atom stereocenters. The summed E-state index contributed by atoms with van der Waals surface area (Å²) in [5, 5.41) is 8.83. The van der Waals surface area contributed by atoms with Crippen LogP contribution < -0.4 is 0 Å². The van der Waals surface area contributed by atoms with Crippen LogP contribution in [0, 0.1) is 0 Å². The van der Waals surface area contributed by atoms with E-state index in [1.54, 1.807) is 6.92 Å². The van der Waals surface area contributed by atoms with Crippen molar-refractivity contribution in [2.45, 2.75) is 39.7 Å². The normalized spacial score (nSPS) is 12.7. The molecule has 0 fully saturated rings. The molecule has 0 spiro atoms. The lowest BCUT2D eigenvalue weighted by atomic mass is 10.2. The van der Waals surface area contributed by atoms with Gasteiger partial charge in [0.1, 0.15) is 0 Å². The van der Waals surface area contributed by atoms with Gasteiger partial charge in [-0.25, -0.2) is 8.42 Å². The molecule has 0 aliphatic rings. The van der Waals surface area contributed by atoms with Gasteiger partial charge in [-0.2, -0.15) is 4.31 Å². The number of aliphatic hydroxyl groups is 1. The molecule has 1 N–H and O–H groups in total. The van der Waals surface area contributed by atoms with E-state index in [4.69, 9.17) is 5.11 Å². The average molecular weight is 223 g/mol. The number of nitrogens with zero attached hydrogens (tertiary/aromatic N) is 1. The van der Waals surface area contributed by atoms with Crippen molar-refractivity contribution in [3.05, 3.63) is 0 Å². The molecule has 14 heavy (non-hydrogen) atoms. The third kappa shape index (κ3) is 3.55. The van der Waals surface area contributed by atoms with Crippen LogP contribution in [-0.2, 0) is 10.0 Å². The van der Waals surface area contributed by atoms with Crippen LogP contribution in [0.1, 0.15) is 33.6 Å². The van der Waals surface area contributed by atoms with Gasteiger partial charge in [0.15, 0.2) is 0 Å². The summed E-state index contributed by atoms with van der Waals surface area (Å²) < 4.78 is 24.8. The molecule has 0 amide bonds. The predicted octanol–water partition coefficient (Wildman–Crippen LogP) is 0.819. The molecule has 0 bridgehead atoms. The van der Waals surface area contributed by atoms with Crippen molar-refractivity contribution in [3.8, 4) is 0 Å². The second kappa shape index (κ2) is 6.37. The van der Waals surface area contributed by atoms with Gasteiger partial charge in [0.2, 0.25) is 10.0 Å². The molecule has 0 aromatic rings. The first kappa shape index (κ1) is 13.9. The second-order valence-electron chi connectivity index (χ2n) is 3.21. The molecule has 0 saturated carbocycles. The van der Waals surface area contributed by atoms with Gasteiger partial charge in [0.25, 0.3) is 0 Å². The molecule has 0 aromatic heterocycles. The largest absolute Gasteiger partial charge is 0.395 e. The number of sulfonamides is 1. The molecule has 0 heterocycles. The van der Waals surface area contributed by atoms with E-state index in [-0.39, 0.29) is 24.9 Å². The lowest BCUT2D eigenvalue weighted by Crippen LogP contribution is -2.42. The molecule has 0 aliphatic carbocycles. The second-order valence-corrected chi connectivity index (χ2v) is 5.42. The Morgan fingerprint density at radius 2 is 1.71 bits per heavy atom. The fraction of sp³-hybridized carbons (Fsp3) is 1.00. The number of hydrogen-bond acceptors (Lipinski definition) is 3. The summed E-state index contributed by atoms with van der Waals surface area (Å²) in [4.78, 5) is 0. The molecule has 0 aliphatic heterocycles. The third-order valence-corrected chi connectivity index (χ3v) is 4.32. The SMILES string of the molecule is CCC(CC)N(CCO)S(=O)(=O)CC. The summed E-state index contributed by atoms with van der Waals surface area (Å²) in [7, 11) is -3.17. The molecule has 86 valence electrons. The zero-order valence-electron chi connectivity index (χ0n) is 9.23. The smallest absolute Gasteiger partial charge is 0.214 e. The Morgan fingerprint density at radius 3 is 2.00 bits per heavy atom. The van der Waals surface area contributed by atoms with E-state index in [0.29, 0.717) is 0 Å². The van der Waals surface area contributed by atoms with Crippen LogP contribution in [-0.4, -0.2) is 42.8 Å². The summed E-state index contributed by atoms with van der Waals surface area (Å²) in [5.41, 5.74) is 0. The molecular weight excluding hydrogens is 202 g/mol. The maximum absolute atomic E-state index is 11.7. The Kier molecular flexibility index (Phi) is 6.31. The Morgan fingerprint density at radius 1 is 1.21 bits per heavy atom. The van der Waals surface area contributed by atoms with Crippen molar-refractivity contribution < 1.29 is 13.5 Å². The molecule has 0 rings (SSSR count). The van der Waals surface area contributed by atoms with E-state index in [1.165, 1.54) is 4.31 Å². The number of aliphatic hydroxyl groups excluding tert-OH is 1. The Bertz CT molecular complexity index is 234. The van der Waals surface area contributed by atoms with Gasteiger partial charge in [-0.1, -0.05) is 13.8 Å². The van der Waals surface area contributed by atoms with E-state index in [9.17, 15) is 8.42 Å². The minimum absolute atomic E-state index is 0.0205. The minimum Gasteiger partial charge on any atom is -0.395 e. The first-order valence-electron chi connectivity index (χ1n) is 5.13. The molecule has 0 aromatic carbocycles. The molecule has 4 nitrogen and oxygen atoms in total. The highest BCUT2D eigenvalue weighted by atomic mass is 32.2. The predicted molar refractivity (Wildman–Crippen MR) is 57.6 cm³/mol. The van der Waals surface area contributed by atoms with E-state index in [0.717, 1.165) is 12.8 Å². The van der Waals surface area contributed by atoms with Crippen LogP contribution >= 0.6 is 0 Å². The van der Waals surface area contributed by atoms with E-state index in [1.807, 2.05) is 13.8 Å². The van der Waals surface area contributed by atoms with Gasteiger partial charge >= 0.3 is 0 Å². The highest BCUT2D eigenvalue weighted by Gasteiger charge is 2.25. The van der Waals surface area contributed by atoms with Gasteiger partial charge in [0, 0.05) is 12.6 Å². The van der Waals surface area contributed by atoms with Crippen LogP contribution in [0.3, 0.4) is 0 Å². The zero-order valence-corrected chi connectivity index (χ0v) is 10.0. The summed E-state index contributed by atoms with van der Waals surface area (Å²) in [6.07, 6.45) is 1.57. The van der Waals surface area contributed by atoms with Crippen LogP contribution in [0.5, 0.6) is 0 Å². The fourth-order valence-electron chi connectivity index (χ4n) is 1.51. The van der Waals surface area contributed by atoms with Gasteiger partial charge in [-0.3, -0.25) is 0 Å². The monoisotopic (exact) mass is 223 g/mol.